The van der Waals surface area contributed by atoms with Crippen LogP contribution in [0.15, 0.2) is 18.2 Å². The molecule has 0 amide bonds. The summed E-state index contributed by atoms with van der Waals surface area (Å²) in [6, 6.07) is 4.02. The van der Waals surface area contributed by atoms with Crippen molar-refractivity contribution in [2.75, 3.05) is 6.54 Å². The summed E-state index contributed by atoms with van der Waals surface area (Å²) in [7, 11) is 0. The zero-order chi connectivity index (χ0) is 10.9. The number of rotatable bonds is 1. The molecule has 1 atom stereocenters. The Kier molecular flexibility index (Phi) is 2.65. The summed E-state index contributed by atoms with van der Waals surface area (Å²) in [6.07, 6.45) is -2.51. The number of pyridine rings is 1. The van der Waals surface area contributed by atoms with Gasteiger partial charge in [-0.25, -0.2) is 4.98 Å². The van der Waals surface area contributed by atoms with E-state index in [0.717, 1.165) is 25.5 Å². The molecule has 1 aromatic heterocycles. The van der Waals surface area contributed by atoms with Gasteiger partial charge >= 0.3 is 6.18 Å². The van der Waals surface area contributed by atoms with Crippen molar-refractivity contribution in [1.29, 1.82) is 0 Å². The molecule has 0 saturated carbocycles. The molecule has 0 aromatic carbocycles. The van der Waals surface area contributed by atoms with Gasteiger partial charge in [-0.3, -0.25) is 0 Å². The molecule has 1 N–H and O–H groups in total. The van der Waals surface area contributed by atoms with Gasteiger partial charge in [-0.2, -0.15) is 13.2 Å². The standard InChI is InChI=1S/C10H11F3N2/c11-10(12,13)9-5-1-3-8(15-9)7-4-2-6-14-7/h1,3,5,7,14H,2,4,6H2/t7-/m1/s1. The van der Waals surface area contributed by atoms with Crippen LogP contribution in [0.3, 0.4) is 0 Å². The first kappa shape index (κ1) is 10.4. The number of aromatic nitrogens is 1. The van der Waals surface area contributed by atoms with E-state index in [4.69, 9.17) is 0 Å². The first-order valence-corrected chi connectivity index (χ1v) is 4.85. The van der Waals surface area contributed by atoms with Crippen LogP contribution in [0.5, 0.6) is 0 Å². The molecule has 82 valence electrons. The third kappa shape index (κ3) is 2.28. The third-order valence-corrected chi connectivity index (χ3v) is 2.48. The van der Waals surface area contributed by atoms with Gasteiger partial charge in [0.15, 0.2) is 0 Å². The van der Waals surface area contributed by atoms with Gasteiger partial charge < -0.3 is 5.32 Å². The topological polar surface area (TPSA) is 24.9 Å². The van der Waals surface area contributed by atoms with Crippen molar-refractivity contribution in [3.05, 3.63) is 29.6 Å². The van der Waals surface area contributed by atoms with Gasteiger partial charge in [0.25, 0.3) is 0 Å². The minimum absolute atomic E-state index is 0.0210. The minimum Gasteiger partial charge on any atom is -0.309 e. The summed E-state index contributed by atoms with van der Waals surface area (Å²) in [4.78, 5) is 3.64. The molecule has 0 aliphatic carbocycles. The van der Waals surface area contributed by atoms with Gasteiger partial charge in [0.1, 0.15) is 5.69 Å². The fraction of sp³-hybridized carbons (Fsp3) is 0.500. The van der Waals surface area contributed by atoms with Gasteiger partial charge in [0.2, 0.25) is 0 Å². The van der Waals surface area contributed by atoms with Crippen molar-refractivity contribution < 1.29 is 13.2 Å². The van der Waals surface area contributed by atoms with Crippen LogP contribution in [0.4, 0.5) is 13.2 Å². The average Bonchev–Trinajstić information content (AvgIpc) is 2.69. The lowest BCUT2D eigenvalue weighted by Crippen LogP contribution is -2.16. The summed E-state index contributed by atoms with van der Waals surface area (Å²) in [5, 5.41) is 3.12. The molecule has 1 aliphatic rings. The van der Waals surface area contributed by atoms with E-state index in [0.29, 0.717) is 5.69 Å². The van der Waals surface area contributed by atoms with Crippen LogP contribution < -0.4 is 5.32 Å². The Bertz CT molecular complexity index is 343. The van der Waals surface area contributed by atoms with Crippen molar-refractivity contribution in [2.24, 2.45) is 0 Å². The molecule has 0 unspecified atom stereocenters. The second kappa shape index (κ2) is 3.81. The van der Waals surface area contributed by atoms with Crippen molar-refractivity contribution in [3.63, 3.8) is 0 Å². The maximum atomic E-state index is 12.4. The number of nitrogens with zero attached hydrogens (tertiary/aromatic N) is 1. The van der Waals surface area contributed by atoms with Gasteiger partial charge in [-0.15, -0.1) is 0 Å². The maximum Gasteiger partial charge on any atom is 0.433 e. The largest absolute Gasteiger partial charge is 0.433 e. The predicted octanol–water partition coefficient (Wildman–Crippen LogP) is 2.52. The van der Waals surface area contributed by atoms with E-state index >= 15 is 0 Å². The Balaban J connectivity index is 2.26. The summed E-state index contributed by atoms with van der Waals surface area (Å²) in [6.45, 7) is 0.850. The Morgan fingerprint density at radius 3 is 2.73 bits per heavy atom. The van der Waals surface area contributed by atoms with Gasteiger partial charge in [-0.1, -0.05) is 6.07 Å². The van der Waals surface area contributed by atoms with Crippen LogP contribution in [-0.4, -0.2) is 11.5 Å². The zero-order valence-corrected chi connectivity index (χ0v) is 8.01. The molecule has 2 rings (SSSR count). The number of hydrogen-bond acceptors (Lipinski definition) is 2. The molecule has 2 nitrogen and oxygen atoms in total. The molecule has 1 saturated heterocycles. The lowest BCUT2D eigenvalue weighted by Gasteiger charge is -2.12. The van der Waals surface area contributed by atoms with E-state index in [-0.39, 0.29) is 6.04 Å². The second-order valence-electron chi connectivity index (χ2n) is 3.59. The van der Waals surface area contributed by atoms with Crippen LogP contribution in [0, 0.1) is 0 Å². The molecule has 0 bridgehead atoms. The Labute approximate surface area is 85.5 Å². The van der Waals surface area contributed by atoms with Crippen LogP contribution in [0.1, 0.15) is 30.3 Å². The normalized spacial score (nSPS) is 21.9. The maximum absolute atomic E-state index is 12.4. The van der Waals surface area contributed by atoms with Crippen LogP contribution in [0.25, 0.3) is 0 Å². The summed E-state index contributed by atoms with van der Waals surface area (Å²) >= 11 is 0. The average molecular weight is 216 g/mol. The Morgan fingerprint density at radius 2 is 2.13 bits per heavy atom. The van der Waals surface area contributed by atoms with Crippen LogP contribution in [-0.2, 0) is 6.18 Å². The van der Waals surface area contributed by atoms with E-state index in [2.05, 4.69) is 10.3 Å². The van der Waals surface area contributed by atoms with E-state index < -0.39 is 11.9 Å². The molecule has 0 radical (unpaired) electrons. The first-order chi connectivity index (χ1) is 7.07. The first-order valence-electron chi connectivity index (χ1n) is 4.85. The van der Waals surface area contributed by atoms with Crippen molar-refractivity contribution in [1.82, 2.24) is 10.3 Å². The zero-order valence-electron chi connectivity index (χ0n) is 8.01. The highest BCUT2D eigenvalue weighted by Gasteiger charge is 2.33. The molecule has 1 aromatic rings. The molecule has 15 heavy (non-hydrogen) atoms. The van der Waals surface area contributed by atoms with E-state index in [1.807, 2.05) is 0 Å². The molecule has 1 aliphatic heterocycles. The Morgan fingerprint density at radius 1 is 1.33 bits per heavy atom. The Hall–Kier alpha value is -1.10. The molecule has 0 spiro atoms. The SMILES string of the molecule is FC(F)(F)c1cccc([C@H]2CCCN2)n1. The highest BCUT2D eigenvalue weighted by atomic mass is 19.4. The lowest BCUT2D eigenvalue weighted by atomic mass is 10.1. The van der Waals surface area contributed by atoms with E-state index in [1.165, 1.54) is 6.07 Å². The fourth-order valence-corrected chi connectivity index (χ4v) is 1.74. The summed E-state index contributed by atoms with van der Waals surface area (Å²) in [5.74, 6) is 0. The smallest absolute Gasteiger partial charge is 0.309 e. The minimum atomic E-state index is -4.35. The number of hydrogen-bond donors (Lipinski definition) is 1. The molecular weight excluding hydrogens is 205 g/mol. The highest BCUT2D eigenvalue weighted by molar-refractivity contribution is 5.17. The quantitative estimate of drug-likeness (QED) is 0.780. The molecule has 2 heterocycles. The van der Waals surface area contributed by atoms with Crippen molar-refractivity contribution in [2.45, 2.75) is 25.1 Å². The van der Waals surface area contributed by atoms with E-state index in [1.54, 1.807) is 6.07 Å². The number of nitrogens with one attached hydrogen (secondary N) is 1. The molecule has 5 heteroatoms. The monoisotopic (exact) mass is 216 g/mol. The molecule has 1 fully saturated rings. The van der Waals surface area contributed by atoms with E-state index in [9.17, 15) is 13.2 Å². The molecular formula is C10H11F3N2. The number of alkyl halides is 3. The summed E-state index contributed by atoms with van der Waals surface area (Å²) in [5.41, 5.74) is -0.323. The van der Waals surface area contributed by atoms with Gasteiger partial charge in [-0.05, 0) is 31.5 Å². The number of halogens is 3. The highest BCUT2D eigenvalue weighted by Crippen LogP contribution is 2.29. The van der Waals surface area contributed by atoms with Crippen molar-refractivity contribution >= 4 is 0 Å². The van der Waals surface area contributed by atoms with Crippen molar-refractivity contribution in [3.8, 4) is 0 Å². The van der Waals surface area contributed by atoms with Crippen LogP contribution in [0.2, 0.25) is 0 Å². The van der Waals surface area contributed by atoms with Crippen LogP contribution >= 0.6 is 0 Å². The summed E-state index contributed by atoms with van der Waals surface area (Å²) < 4.78 is 37.1. The predicted molar refractivity (Wildman–Crippen MR) is 49.2 cm³/mol. The van der Waals surface area contributed by atoms with Gasteiger partial charge in [0, 0.05) is 6.04 Å². The van der Waals surface area contributed by atoms with Gasteiger partial charge in [0.05, 0.1) is 5.69 Å². The fourth-order valence-electron chi connectivity index (χ4n) is 1.74. The third-order valence-electron chi connectivity index (χ3n) is 2.48. The lowest BCUT2D eigenvalue weighted by molar-refractivity contribution is -0.141. The second-order valence-corrected chi connectivity index (χ2v) is 3.59.